The normalized spacial score (nSPS) is 16.6. The van der Waals surface area contributed by atoms with Crippen LogP contribution in [0.15, 0.2) is 78.4 Å². The van der Waals surface area contributed by atoms with Gasteiger partial charge in [0, 0.05) is 25.8 Å². The lowest BCUT2D eigenvalue weighted by Crippen LogP contribution is -2.31. The van der Waals surface area contributed by atoms with Crippen LogP contribution in [0.3, 0.4) is 0 Å². The number of ketones is 1. The van der Waals surface area contributed by atoms with Crippen LogP contribution in [0.25, 0.3) is 5.76 Å². The minimum atomic E-state index is -0.780. The Morgan fingerprint density at radius 3 is 2.38 bits per heavy atom. The molecule has 1 N–H and O–H groups in total. The van der Waals surface area contributed by atoms with Crippen molar-refractivity contribution in [3.05, 3.63) is 95.1 Å². The Morgan fingerprint density at radius 2 is 1.69 bits per heavy atom. The van der Waals surface area contributed by atoms with Gasteiger partial charge in [-0.05, 0) is 72.9 Å². The Bertz CT molecular complexity index is 1350. The predicted octanol–water partition coefficient (Wildman–Crippen LogP) is 6.28. The lowest BCUT2D eigenvalue weighted by molar-refractivity contribution is -0.140. The number of para-hydroxylation sites is 1. The number of benzene rings is 3. The molecule has 3 aromatic rings. The van der Waals surface area contributed by atoms with E-state index in [-0.39, 0.29) is 11.3 Å². The number of methoxy groups -OCH3 is 1. The summed E-state index contributed by atoms with van der Waals surface area (Å²) in [6.45, 7) is 7.28. The fourth-order valence-electron chi connectivity index (χ4n) is 4.61. The second-order valence-electron chi connectivity index (χ2n) is 10.0. The molecule has 4 rings (SSSR count). The van der Waals surface area contributed by atoms with Gasteiger partial charge in [0.25, 0.3) is 11.7 Å². The number of ether oxygens (including phenoxy) is 3. The Hall–Kier alpha value is -4.10. The third kappa shape index (κ3) is 6.49. The Kier molecular flexibility index (Phi) is 9.04. The van der Waals surface area contributed by atoms with Gasteiger partial charge in [0.15, 0.2) is 0 Å². The van der Waals surface area contributed by atoms with Crippen molar-refractivity contribution in [3.63, 3.8) is 0 Å². The molecule has 1 saturated heterocycles. The highest BCUT2D eigenvalue weighted by Crippen LogP contribution is 2.41. The number of nitrogens with zero attached hydrogens (tertiary/aromatic N) is 1. The summed E-state index contributed by atoms with van der Waals surface area (Å²) in [7, 11) is 1.59. The minimum Gasteiger partial charge on any atom is -0.507 e. The fourth-order valence-corrected chi connectivity index (χ4v) is 4.61. The van der Waals surface area contributed by atoms with Gasteiger partial charge in [-0.2, -0.15) is 0 Å². The number of aliphatic hydroxyl groups is 1. The van der Waals surface area contributed by atoms with Crippen LogP contribution in [0.4, 0.5) is 0 Å². The fraction of sp³-hybridized carbons (Fsp3) is 0.312. The second kappa shape index (κ2) is 12.6. The van der Waals surface area contributed by atoms with E-state index < -0.39 is 17.7 Å². The lowest BCUT2D eigenvalue weighted by Gasteiger charge is -2.25. The molecule has 204 valence electrons. The van der Waals surface area contributed by atoms with Gasteiger partial charge in [0.2, 0.25) is 0 Å². The van der Waals surface area contributed by atoms with Gasteiger partial charge < -0.3 is 24.2 Å². The van der Waals surface area contributed by atoms with Crippen LogP contribution in [0.2, 0.25) is 0 Å². The van der Waals surface area contributed by atoms with Crippen LogP contribution < -0.4 is 9.47 Å². The maximum absolute atomic E-state index is 13.4. The van der Waals surface area contributed by atoms with Crippen LogP contribution in [0.5, 0.6) is 17.2 Å². The first-order valence-corrected chi connectivity index (χ1v) is 13.1. The zero-order chi connectivity index (χ0) is 27.9. The summed E-state index contributed by atoms with van der Waals surface area (Å²) >= 11 is 0. The summed E-state index contributed by atoms with van der Waals surface area (Å²) < 4.78 is 17.0. The Balaban J connectivity index is 1.76. The Labute approximate surface area is 229 Å². The third-order valence-electron chi connectivity index (χ3n) is 6.48. The zero-order valence-electron chi connectivity index (χ0n) is 22.8. The lowest BCUT2D eigenvalue weighted by atomic mass is 9.93. The third-order valence-corrected chi connectivity index (χ3v) is 6.48. The minimum absolute atomic E-state index is 0.0493. The highest BCUT2D eigenvalue weighted by Gasteiger charge is 2.46. The van der Waals surface area contributed by atoms with Crippen molar-refractivity contribution in [3.8, 4) is 17.2 Å². The molecule has 0 radical (unpaired) electrons. The first kappa shape index (κ1) is 27.9. The number of hydrogen-bond donors (Lipinski definition) is 1. The molecule has 1 aliphatic rings. The standard InChI is InChI=1S/C32H35NO6/c1-21(2)20-38-25-14-15-27(22(3)18-25)30(34)28-29(33(16-9-17-37-4)32(36)31(28)35)23-10-8-13-26(19-23)39-24-11-6-5-7-12-24/h5-8,10-15,18-19,21,29,34H,9,16-17,20H2,1-4H3/t29-/m0/s1. The molecule has 1 atom stereocenters. The molecule has 0 spiro atoms. The monoisotopic (exact) mass is 529 g/mol. The highest BCUT2D eigenvalue weighted by atomic mass is 16.5. The molecular weight excluding hydrogens is 494 g/mol. The van der Waals surface area contributed by atoms with E-state index in [1.807, 2.05) is 61.5 Å². The number of carbonyl (C=O) groups is 2. The quantitative estimate of drug-likeness (QED) is 0.136. The average Bonchev–Trinajstić information content (AvgIpc) is 3.17. The van der Waals surface area contributed by atoms with Crippen LogP contribution in [-0.4, -0.2) is 48.6 Å². The van der Waals surface area contributed by atoms with Gasteiger partial charge >= 0.3 is 0 Å². The first-order valence-electron chi connectivity index (χ1n) is 13.1. The van der Waals surface area contributed by atoms with Gasteiger partial charge in [-0.3, -0.25) is 9.59 Å². The first-order chi connectivity index (χ1) is 18.8. The average molecular weight is 530 g/mol. The molecule has 0 aromatic heterocycles. The van der Waals surface area contributed by atoms with Gasteiger partial charge in [0.05, 0.1) is 18.2 Å². The largest absolute Gasteiger partial charge is 0.507 e. The van der Waals surface area contributed by atoms with E-state index in [9.17, 15) is 14.7 Å². The molecule has 7 heteroatoms. The Morgan fingerprint density at radius 1 is 0.949 bits per heavy atom. The summed E-state index contributed by atoms with van der Waals surface area (Å²) in [6, 6.07) is 21.2. The molecular formula is C32H35NO6. The number of carbonyl (C=O) groups excluding carboxylic acids is 2. The van der Waals surface area contributed by atoms with Crippen LogP contribution >= 0.6 is 0 Å². The molecule has 1 fully saturated rings. The molecule has 0 unspecified atom stereocenters. The van der Waals surface area contributed by atoms with Crippen molar-refractivity contribution in [1.82, 2.24) is 4.90 Å². The molecule has 39 heavy (non-hydrogen) atoms. The van der Waals surface area contributed by atoms with Crippen molar-refractivity contribution in [2.24, 2.45) is 5.92 Å². The summed E-state index contributed by atoms with van der Waals surface area (Å²) in [5.41, 5.74) is 1.92. The van der Waals surface area contributed by atoms with Crippen molar-refractivity contribution in [1.29, 1.82) is 0 Å². The van der Waals surface area contributed by atoms with Crippen LogP contribution in [0.1, 0.15) is 43.0 Å². The number of Topliss-reactive ketones (excluding diaryl/α,β-unsaturated/α-hetero) is 1. The zero-order valence-corrected chi connectivity index (χ0v) is 22.8. The summed E-state index contributed by atoms with van der Waals surface area (Å²) in [5, 5.41) is 11.5. The number of aryl methyl sites for hydroxylation is 1. The van der Waals surface area contributed by atoms with E-state index in [2.05, 4.69) is 13.8 Å². The predicted molar refractivity (Wildman–Crippen MR) is 150 cm³/mol. The number of hydrogen-bond acceptors (Lipinski definition) is 6. The van der Waals surface area contributed by atoms with E-state index in [4.69, 9.17) is 14.2 Å². The maximum atomic E-state index is 13.4. The molecule has 1 amide bonds. The molecule has 0 saturated carbocycles. The van der Waals surface area contributed by atoms with E-state index >= 15 is 0 Å². The topological polar surface area (TPSA) is 85.3 Å². The van der Waals surface area contributed by atoms with Crippen molar-refractivity contribution < 1.29 is 28.9 Å². The molecule has 7 nitrogen and oxygen atoms in total. The number of aliphatic hydroxyl groups excluding tert-OH is 1. The van der Waals surface area contributed by atoms with Gasteiger partial charge in [0.1, 0.15) is 23.0 Å². The van der Waals surface area contributed by atoms with Crippen LogP contribution in [-0.2, 0) is 14.3 Å². The summed E-state index contributed by atoms with van der Waals surface area (Å²) in [4.78, 5) is 28.1. The van der Waals surface area contributed by atoms with Crippen LogP contribution in [0, 0.1) is 12.8 Å². The van der Waals surface area contributed by atoms with Gasteiger partial charge in [-0.15, -0.1) is 0 Å². The van der Waals surface area contributed by atoms with Gasteiger partial charge in [-0.1, -0.05) is 44.2 Å². The van der Waals surface area contributed by atoms with E-state index in [1.54, 1.807) is 25.3 Å². The summed E-state index contributed by atoms with van der Waals surface area (Å²) in [6.07, 6.45) is 0.543. The maximum Gasteiger partial charge on any atom is 0.295 e. The molecule has 0 aliphatic carbocycles. The van der Waals surface area contributed by atoms with Crippen molar-refractivity contribution in [2.45, 2.75) is 33.2 Å². The number of rotatable bonds is 11. The molecule has 3 aromatic carbocycles. The van der Waals surface area contributed by atoms with E-state index in [1.165, 1.54) is 4.90 Å². The summed E-state index contributed by atoms with van der Waals surface area (Å²) in [5.74, 6) is 0.692. The van der Waals surface area contributed by atoms with Crippen molar-refractivity contribution >= 4 is 17.4 Å². The number of likely N-dealkylation sites (tertiary alicyclic amines) is 1. The highest BCUT2D eigenvalue weighted by molar-refractivity contribution is 6.46. The van der Waals surface area contributed by atoms with Gasteiger partial charge in [-0.25, -0.2) is 0 Å². The molecule has 1 heterocycles. The SMILES string of the molecule is COCCCN1C(=O)C(=O)C(=C(O)c2ccc(OCC(C)C)cc2C)[C@@H]1c1cccc(Oc2ccccc2)c1. The second-order valence-corrected chi connectivity index (χ2v) is 10.0. The molecule has 0 bridgehead atoms. The van der Waals surface area contributed by atoms with E-state index in [0.717, 1.165) is 5.56 Å². The van der Waals surface area contributed by atoms with Crippen molar-refractivity contribution in [2.75, 3.05) is 26.9 Å². The van der Waals surface area contributed by atoms with E-state index in [0.29, 0.717) is 60.5 Å². The number of amides is 1. The molecule has 1 aliphatic heterocycles. The smallest absolute Gasteiger partial charge is 0.295 e.